The highest BCUT2D eigenvalue weighted by Gasteiger charge is 2.11. The fourth-order valence-corrected chi connectivity index (χ4v) is 2.24. The first-order chi connectivity index (χ1) is 11.3. The van der Waals surface area contributed by atoms with Crippen molar-refractivity contribution in [3.05, 3.63) is 61.4 Å². The Morgan fingerprint density at radius 2 is 1.96 bits per heavy atom. The number of nitrogens with zero attached hydrogens (tertiary/aromatic N) is 2. The molecule has 0 saturated heterocycles. The van der Waals surface area contributed by atoms with Crippen molar-refractivity contribution in [3.8, 4) is 11.5 Å². The second kappa shape index (κ2) is 6.79. The second-order valence-electron chi connectivity index (χ2n) is 4.83. The van der Waals surface area contributed by atoms with Crippen LogP contribution in [0.2, 0.25) is 0 Å². The summed E-state index contributed by atoms with van der Waals surface area (Å²) in [6.07, 6.45) is 3.21. The normalized spacial score (nSPS) is 10.3. The van der Waals surface area contributed by atoms with Crippen LogP contribution in [0.3, 0.4) is 0 Å². The van der Waals surface area contributed by atoms with Crippen LogP contribution in [0.25, 0.3) is 10.9 Å². The van der Waals surface area contributed by atoms with Gasteiger partial charge in [0.1, 0.15) is 18.8 Å². The van der Waals surface area contributed by atoms with Gasteiger partial charge in [-0.05, 0) is 18.2 Å². The van der Waals surface area contributed by atoms with Crippen molar-refractivity contribution in [3.63, 3.8) is 0 Å². The molecule has 0 saturated carbocycles. The van der Waals surface area contributed by atoms with Crippen LogP contribution in [-0.2, 0) is 0 Å². The zero-order valence-electron chi connectivity index (χ0n) is 12.8. The maximum Gasteiger partial charge on any atom is 0.162 e. The fourth-order valence-electron chi connectivity index (χ4n) is 2.24. The quantitative estimate of drug-likeness (QED) is 0.699. The summed E-state index contributed by atoms with van der Waals surface area (Å²) in [7, 11) is 1.60. The van der Waals surface area contributed by atoms with E-state index in [1.807, 2.05) is 42.5 Å². The third kappa shape index (κ3) is 3.23. The van der Waals surface area contributed by atoms with Crippen LogP contribution in [-0.4, -0.2) is 23.7 Å². The summed E-state index contributed by atoms with van der Waals surface area (Å²) in [5, 5.41) is 4.16. The molecule has 0 aliphatic rings. The van der Waals surface area contributed by atoms with Gasteiger partial charge in [0.25, 0.3) is 0 Å². The molecule has 1 N–H and O–H groups in total. The number of methoxy groups -OCH3 is 1. The first kappa shape index (κ1) is 14.8. The molecule has 0 amide bonds. The lowest BCUT2D eigenvalue weighted by Gasteiger charge is -2.13. The van der Waals surface area contributed by atoms with E-state index in [0.29, 0.717) is 23.9 Å². The van der Waals surface area contributed by atoms with Gasteiger partial charge < -0.3 is 14.8 Å². The summed E-state index contributed by atoms with van der Waals surface area (Å²) < 4.78 is 11.0. The summed E-state index contributed by atoms with van der Waals surface area (Å²) in [4.78, 5) is 8.65. The van der Waals surface area contributed by atoms with Crippen LogP contribution in [0.4, 0.5) is 11.5 Å². The molecule has 0 aliphatic carbocycles. The summed E-state index contributed by atoms with van der Waals surface area (Å²) in [5.41, 5.74) is 1.73. The molecule has 0 fully saturated rings. The largest absolute Gasteiger partial charge is 0.493 e. The van der Waals surface area contributed by atoms with E-state index in [1.54, 1.807) is 13.2 Å². The van der Waals surface area contributed by atoms with Gasteiger partial charge in [-0.3, -0.25) is 0 Å². The Labute approximate surface area is 134 Å². The molecule has 2 aromatic carbocycles. The minimum atomic E-state index is 0.400. The number of fused-ring (bicyclic) bond motifs is 1. The highest BCUT2D eigenvalue weighted by molar-refractivity contribution is 5.93. The highest BCUT2D eigenvalue weighted by atomic mass is 16.5. The standard InChI is InChI=1S/C18H17N3O2/c1-3-9-23-17-10-14-15(11-16(17)22-2)19-12-20-18(14)21-13-7-5-4-6-8-13/h3-8,10-12H,1,9H2,2H3,(H,19,20,21). The Morgan fingerprint density at radius 1 is 1.13 bits per heavy atom. The van der Waals surface area contributed by atoms with Crippen molar-refractivity contribution >= 4 is 22.4 Å². The van der Waals surface area contributed by atoms with Gasteiger partial charge in [0, 0.05) is 17.1 Å². The van der Waals surface area contributed by atoms with Crippen molar-refractivity contribution in [2.75, 3.05) is 19.0 Å². The summed E-state index contributed by atoms with van der Waals surface area (Å²) in [5.74, 6) is 1.97. The molecule has 1 aromatic heterocycles. The Kier molecular flexibility index (Phi) is 4.38. The molecule has 0 radical (unpaired) electrons. The van der Waals surface area contributed by atoms with Gasteiger partial charge in [-0.25, -0.2) is 9.97 Å². The average molecular weight is 307 g/mol. The molecule has 0 unspecified atom stereocenters. The molecule has 0 spiro atoms. The van der Waals surface area contributed by atoms with E-state index in [-0.39, 0.29) is 0 Å². The van der Waals surface area contributed by atoms with Crippen molar-refractivity contribution < 1.29 is 9.47 Å². The Bertz CT molecular complexity index is 819. The van der Waals surface area contributed by atoms with Crippen LogP contribution in [0.5, 0.6) is 11.5 Å². The van der Waals surface area contributed by atoms with E-state index < -0.39 is 0 Å². The summed E-state index contributed by atoms with van der Waals surface area (Å²) in [6, 6.07) is 13.6. The number of hydrogen-bond donors (Lipinski definition) is 1. The number of aromatic nitrogens is 2. The molecule has 23 heavy (non-hydrogen) atoms. The van der Waals surface area contributed by atoms with Gasteiger partial charge in [-0.1, -0.05) is 30.9 Å². The number of benzene rings is 2. The van der Waals surface area contributed by atoms with Crippen LogP contribution < -0.4 is 14.8 Å². The van der Waals surface area contributed by atoms with Gasteiger partial charge in [-0.2, -0.15) is 0 Å². The monoisotopic (exact) mass is 307 g/mol. The maximum atomic E-state index is 5.66. The predicted molar refractivity (Wildman–Crippen MR) is 91.5 cm³/mol. The van der Waals surface area contributed by atoms with E-state index in [9.17, 15) is 0 Å². The Balaban J connectivity index is 2.06. The average Bonchev–Trinajstić information content (AvgIpc) is 2.60. The SMILES string of the molecule is C=CCOc1cc2c(Nc3ccccc3)ncnc2cc1OC. The minimum Gasteiger partial charge on any atom is -0.493 e. The highest BCUT2D eigenvalue weighted by Crippen LogP contribution is 2.34. The van der Waals surface area contributed by atoms with E-state index >= 15 is 0 Å². The van der Waals surface area contributed by atoms with E-state index in [4.69, 9.17) is 9.47 Å². The second-order valence-corrected chi connectivity index (χ2v) is 4.83. The first-order valence-electron chi connectivity index (χ1n) is 7.20. The zero-order valence-corrected chi connectivity index (χ0v) is 12.8. The number of rotatable bonds is 6. The number of anilines is 2. The van der Waals surface area contributed by atoms with Crippen LogP contribution >= 0.6 is 0 Å². The molecular formula is C18H17N3O2. The van der Waals surface area contributed by atoms with Gasteiger partial charge in [-0.15, -0.1) is 0 Å². The van der Waals surface area contributed by atoms with Crippen LogP contribution in [0, 0.1) is 0 Å². The van der Waals surface area contributed by atoms with E-state index in [0.717, 1.165) is 16.6 Å². The number of ether oxygens (including phenoxy) is 2. The van der Waals surface area contributed by atoms with E-state index in [1.165, 1.54) is 6.33 Å². The molecule has 116 valence electrons. The third-order valence-electron chi connectivity index (χ3n) is 3.31. The first-order valence-corrected chi connectivity index (χ1v) is 7.20. The van der Waals surface area contributed by atoms with Gasteiger partial charge >= 0.3 is 0 Å². The molecule has 1 heterocycles. The lowest BCUT2D eigenvalue weighted by molar-refractivity contribution is 0.327. The molecular weight excluding hydrogens is 290 g/mol. The third-order valence-corrected chi connectivity index (χ3v) is 3.31. The van der Waals surface area contributed by atoms with Crippen LogP contribution in [0.1, 0.15) is 0 Å². The molecule has 5 nitrogen and oxygen atoms in total. The Morgan fingerprint density at radius 3 is 2.70 bits per heavy atom. The number of para-hydroxylation sites is 1. The van der Waals surface area contributed by atoms with Gasteiger partial charge in [0.15, 0.2) is 11.5 Å². The molecule has 0 atom stereocenters. The molecule has 3 rings (SSSR count). The van der Waals surface area contributed by atoms with E-state index in [2.05, 4.69) is 21.9 Å². The predicted octanol–water partition coefficient (Wildman–Crippen LogP) is 3.95. The summed E-state index contributed by atoms with van der Waals surface area (Å²) in [6.45, 7) is 4.06. The lowest BCUT2D eigenvalue weighted by Crippen LogP contribution is -1.99. The molecule has 0 aliphatic heterocycles. The van der Waals surface area contributed by atoms with Crippen molar-refractivity contribution in [1.82, 2.24) is 9.97 Å². The fraction of sp³-hybridized carbons (Fsp3) is 0.111. The number of hydrogen-bond acceptors (Lipinski definition) is 5. The molecule has 5 heteroatoms. The lowest BCUT2D eigenvalue weighted by atomic mass is 10.2. The van der Waals surface area contributed by atoms with Crippen LogP contribution in [0.15, 0.2) is 61.4 Å². The number of nitrogens with one attached hydrogen (secondary N) is 1. The molecule has 3 aromatic rings. The summed E-state index contributed by atoms with van der Waals surface area (Å²) >= 11 is 0. The minimum absolute atomic E-state index is 0.400. The Hall–Kier alpha value is -3.08. The van der Waals surface area contributed by atoms with Gasteiger partial charge in [0.05, 0.1) is 12.6 Å². The zero-order chi connectivity index (χ0) is 16.1. The van der Waals surface area contributed by atoms with Crippen molar-refractivity contribution in [2.45, 2.75) is 0 Å². The van der Waals surface area contributed by atoms with Crippen molar-refractivity contribution in [2.24, 2.45) is 0 Å². The van der Waals surface area contributed by atoms with Crippen molar-refractivity contribution in [1.29, 1.82) is 0 Å². The topological polar surface area (TPSA) is 56.3 Å². The molecule has 0 bridgehead atoms. The smallest absolute Gasteiger partial charge is 0.162 e. The van der Waals surface area contributed by atoms with Gasteiger partial charge in [0.2, 0.25) is 0 Å². The maximum absolute atomic E-state index is 5.66.